The smallest absolute Gasteiger partial charge is 0.134 e. The van der Waals surface area contributed by atoms with Gasteiger partial charge in [-0.05, 0) is 49.8 Å². The van der Waals surface area contributed by atoms with Gasteiger partial charge < -0.3 is 5.32 Å². The fourth-order valence-electron chi connectivity index (χ4n) is 3.07. The summed E-state index contributed by atoms with van der Waals surface area (Å²) in [5.74, 6) is -0.176. The first-order chi connectivity index (χ1) is 9.22. The zero-order chi connectivity index (χ0) is 13.4. The highest BCUT2D eigenvalue weighted by Gasteiger charge is 2.19. The summed E-state index contributed by atoms with van der Waals surface area (Å²) in [6, 6.07) is 3.36. The molecule has 0 aliphatic heterocycles. The molecule has 1 aliphatic rings. The first-order valence-electron chi connectivity index (χ1n) is 7.00. The van der Waals surface area contributed by atoms with Crippen LogP contribution in [0.15, 0.2) is 12.1 Å². The summed E-state index contributed by atoms with van der Waals surface area (Å²) in [6.07, 6.45) is 5.60. The highest BCUT2D eigenvalue weighted by Crippen LogP contribution is 2.35. The van der Waals surface area contributed by atoms with Crippen LogP contribution in [0.5, 0.6) is 0 Å². The highest BCUT2D eigenvalue weighted by atomic mass is 19.1. The number of nitrogens with zero attached hydrogens (tertiary/aromatic N) is 1. The number of nitrogens with one attached hydrogen (secondary N) is 1. The Morgan fingerprint density at radius 1 is 1.16 bits per heavy atom. The summed E-state index contributed by atoms with van der Waals surface area (Å²) >= 11 is 0. The molecule has 3 heteroatoms. The lowest BCUT2D eigenvalue weighted by atomic mass is 10.00. The number of aromatic nitrogens is 1. The molecule has 1 N–H and O–H groups in total. The van der Waals surface area contributed by atoms with Crippen molar-refractivity contribution < 1.29 is 4.39 Å². The van der Waals surface area contributed by atoms with Crippen molar-refractivity contribution in [1.29, 1.82) is 0 Å². The summed E-state index contributed by atoms with van der Waals surface area (Å²) in [5, 5.41) is 3.87. The van der Waals surface area contributed by atoms with Crippen molar-refractivity contribution in [3.05, 3.63) is 34.8 Å². The molecule has 0 fully saturated rings. The molecule has 0 saturated carbocycles. The largest absolute Gasteiger partial charge is 0.387 e. The number of halogens is 1. The predicted molar refractivity (Wildman–Crippen MR) is 77.2 cm³/mol. The van der Waals surface area contributed by atoms with E-state index in [1.165, 1.54) is 24.8 Å². The summed E-state index contributed by atoms with van der Waals surface area (Å²) in [7, 11) is 1.88. The van der Waals surface area contributed by atoms with Gasteiger partial charge in [0.1, 0.15) is 5.82 Å². The van der Waals surface area contributed by atoms with Crippen LogP contribution in [0.3, 0.4) is 0 Å². The van der Waals surface area contributed by atoms with Gasteiger partial charge in [0.2, 0.25) is 0 Å². The van der Waals surface area contributed by atoms with Gasteiger partial charge in [-0.2, -0.15) is 0 Å². The number of hydrogen-bond donors (Lipinski definition) is 1. The summed E-state index contributed by atoms with van der Waals surface area (Å²) in [6.45, 7) is 2.00. The van der Waals surface area contributed by atoms with Gasteiger partial charge in [-0.15, -0.1) is 0 Å². The number of aryl methyl sites for hydroxylation is 2. The molecule has 0 bridgehead atoms. The topological polar surface area (TPSA) is 24.9 Å². The van der Waals surface area contributed by atoms with Gasteiger partial charge in [-0.3, -0.25) is 4.98 Å². The maximum atomic E-state index is 14.2. The second kappa shape index (κ2) is 4.80. The quantitative estimate of drug-likeness (QED) is 0.782. The molecule has 0 spiro atoms. The molecule has 1 aromatic carbocycles. The maximum Gasteiger partial charge on any atom is 0.134 e. The van der Waals surface area contributed by atoms with E-state index in [1.807, 2.05) is 20.0 Å². The van der Waals surface area contributed by atoms with E-state index in [4.69, 9.17) is 4.98 Å². The van der Waals surface area contributed by atoms with Crippen molar-refractivity contribution in [2.24, 2.45) is 0 Å². The first kappa shape index (κ1) is 12.4. The SMILES string of the molecule is CNc1c2c(nc3c(C)ccc(F)c13)CCCCC2. The third kappa shape index (κ3) is 1.97. The van der Waals surface area contributed by atoms with E-state index in [0.29, 0.717) is 5.39 Å². The normalized spacial score (nSPS) is 15.1. The average Bonchev–Trinajstić information content (AvgIpc) is 2.66. The van der Waals surface area contributed by atoms with Crippen LogP contribution in [0, 0.1) is 12.7 Å². The number of benzene rings is 1. The molecule has 1 heterocycles. The van der Waals surface area contributed by atoms with Crippen LogP contribution in [0.25, 0.3) is 10.9 Å². The third-order valence-corrected chi connectivity index (χ3v) is 4.07. The van der Waals surface area contributed by atoms with Crippen LogP contribution in [0.4, 0.5) is 10.1 Å². The van der Waals surface area contributed by atoms with E-state index in [2.05, 4.69) is 5.32 Å². The van der Waals surface area contributed by atoms with Crippen LogP contribution >= 0.6 is 0 Å². The number of pyridine rings is 1. The van der Waals surface area contributed by atoms with Crippen molar-refractivity contribution >= 4 is 16.6 Å². The van der Waals surface area contributed by atoms with Crippen LogP contribution in [0.1, 0.15) is 36.1 Å². The predicted octanol–water partition coefficient (Wildman–Crippen LogP) is 3.99. The Balaban J connectivity index is 2.39. The van der Waals surface area contributed by atoms with E-state index in [1.54, 1.807) is 6.07 Å². The van der Waals surface area contributed by atoms with Crippen molar-refractivity contribution in [3.63, 3.8) is 0 Å². The van der Waals surface area contributed by atoms with Gasteiger partial charge in [-0.1, -0.05) is 12.5 Å². The molecule has 0 radical (unpaired) electrons. The zero-order valence-corrected chi connectivity index (χ0v) is 11.5. The van der Waals surface area contributed by atoms with Crippen molar-refractivity contribution in [2.45, 2.75) is 39.0 Å². The van der Waals surface area contributed by atoms with Gasteiger partial charge in [0.15, 0.2) is 0 Å². The number of anilines is 1. The Bertz CT molecular complexity index is 634. The van der Waals surface area contributed by atoms with Crippen molar-refractivity contribution in [1.82, 2.24) is 4.98 Å². The van der Waals surface area contributed by atoms with Gasteiger partial charge in [0.05, 0.1) is 16.6 Å². The minimum Gasteiger partial charge on any atom is -0.387 e. The second-order valence-corrected chi connectivity index (χ2v) is 5.31. The van der Waals surface area contributed by atoms with Crippen LogP contribution in [-0.2, 0) is 12.8 Å². The molecule has 2 aromatic rings. The van der Waals surface area contributed by atoms with E-state index < -0.39 is 0 Å². The molecule has 19 heavy (non-hydrogen) atoms. The second-order valence-electron chi connectivity index (χ2n) is 5.31. The van der Waals surface area contributed by atoms with Crippen LogP contribution in [0.2, 0.25) is 0 Å². The Hall–Kier alpha value is -1.64. The van der Waals surface area contributed by atoms with E-state index in [9.17, 15) is 4.39 Å². The monoisotopic (exact) mass is 258 g/mol. The fourth-order valence-corrected chi connectivity index (χ4v) is 3.07. The lowest BCUT2D eigenvalue weighted by Crippen LogP contribution is -2.05. The van der Waals surface area contributed by atoms with Gasteiger partial charge in [-0.25, -0.2) is 4.39 Å². The molecule has 1 aromatic heterocycles. The van der Waals surface area contributed by atoms with Crippen molar-refractivity contribution in [2.75, 3.05) is 12.4 Å². The Morgan fingerprint density at radius 2 is 1.95 bits per heavy atom. The van der Waals surface area contributed by atoms with E-state index in [0.717, 1.165) is 35.3 Å². The minimum atomic E-state index is -0.176. The summed E-state index contributed by atoms with van der Waals surface area (Å²) in [4.78, 5) is 4.76. The van der Waals surface area contributed by atoms with E-state index in [-0.39, 0.29) is 5.82 Å². The number of rotatable bonds is 1. The molecule has 0 unspecified atom stereocenters. The maximum absolute atomic E-state index is 14.2. The van der Waals surface area contributed by atoms with Gasteiger partial charge in [0, 0.05) is 12.7 Å². The van der Waals surface area contributed by atoms with Crippen LogP contribution < -0.4 is 5.32 Å². The molecule has 0 saturated heterocycles. The van der Waals surface area contributed by atoms with Crippen molar-refractivity contribution in [3.8, 4) is 0 Å². The Morgan fingerprint density at radius 3 is 2.74 bits per heavy atom. The molecule has 0 amide bonds. The van der Waals surface area contributed by atoms with E-state index >= 15 is 0 Å². The third-order valence-electron chi connectivity index (χ3n) is 4.07. The lowest BCUT2D eigenvalue weighted by Gasteiger charge is -2.16. The highest BCUT2D eigenvalue weighted by molar-refractivity contribution is 5.95. The summed E-state index contributed by atoms with van der Waals surface area (Å²) < 4.78 is 14.2. The standard InChI is InChI=1S/C16H19FN2/c1-10-8-9-12(17)14-15(10)19-13-7-5-3-4-6-11(13)16(14)18-2/h8-9H,3-7H2,1-2H3,(H,18,19). The summed E-state index contributed by atoms with van der Waals surface area (Å²) in [5.41, 5.74) is 5.17. The van der Waals surface area contributed by atoms with Crippen LogP contribution in [-0.4, -0.2) is 12.0 Å². The Kier molecular flexibility index (Phi) is 3.13. The molecule has 3 rings (SSSR count). The van der Waals surface area contributed by atoms with Gasteiger partial charge in [0.25, 0.3) is 0 Å². The Labute approximate surface area is 113 Å². The minimum absolute atomic E-state index is 0.176. The number of hydrogen-bond acceptors (Lipinski definition) is 2. The lowest BCUT2D eigenvalue weighted by molar-refractivity contribution is 0.639. The molecule has 100 valence electrons. The molecule has 0 atom stereocenters. The average molecular weight is 258 g/mol. The molecular weight excluding hydrogens is 239 g/mol. The molecular formula is C16H19FN2. The molecule has 2 nitrogen and oxygen atoms in total. The zero-order valence-electron chi connectivity index (χ0n) is 11.5. The number of fused-ring (bicyclic) bond motifs is 2. The molecule has 1 aliphatic carbocycles. The fraction of sp³-hybridized carbons (Fsp3) is 0.438. The first-order valence-corrected chi connectivity index (χ1v) is 7.00. The van der Waals surface area contributed by atoms with Gasteiger partial charge >= 0.3 is 0 Å².